The predicted octanol–water partition coefficient (Wildman–Crippen LogP) is 1.70. The highest BCUT2D eigenvalue weighted by Crippen LogP contribution is 2.25. The number of aliphatic carboxylic acids is 1. The Morgan fingerprint density at radius 1 is 1.29 bits per heavy atom. The van der Waals surface area contributed by atoms with Crippen LogP contribution >= 0.6 is 0 Å². The van der Waals surface area contributed by atoms with Gasteiger partial charge in [0.05, 0.1) is 6.54 Å². The molecule has 0 aliphatic heterocycles. The van der Waals surface area contributed by atoms with Gasteiger partial charge in [0.1, 0.15) is 6.54 Å². The van der Waals surface area contributed by atoms with Crippen LogP contribution in [0.5, 0.6) is 0 Å². The number of likely N-dealkylation sites (N-methyl/N-ethyl adjacent to an activating group) is 1. The van der Waals surface area contributed by atoms with E-state index in [0.717, 1.165) is 23.7 Å². The van der Waals surface area contributed by atoms with Crippen LogP contribution in [0.3, 0.4) is 0 Å². The Balaban J connectivity index is 1.49. The Kier molecular flexibility index (Phi) is 4.85. The first-order valence-electron chi connectivity index (χ1n) is 8.36. The first-order chi connectivity index (χ1) is 11.6. The van der Waals surface area contributed by atoms with Crippen LogP contribution in [0.4, 0.5) is 0 Å². The number of benzene rings is 1. The van der Waals surface area contributed by atoms with Crippen molar-refractivity contribution in [1.29, 1.82) is 0 Å². The number of rotatable bonds is 7. The van der Waals surface area contributed by atoms with Crippen LogP contribution in [0.15, 0.2) is 36.5 Å². The Morgan fingerprint density at radius 3 is 2.75 bits per heavy atom. The highest BCUT2D eigenvalue weighted by atomic mass is 16.4. The Labute approximate surface area is 141 Å². The molecule has 24 heavy (non-hydrogen) atoms. The monoisotopic (exact) mass is 329 g/mol. The maximum Gasteiger partial charge on any atom is 0.317 e. The van der Waals surface area contributed by atoms with Crippen LogP contribution < -0.4 is 5.32 Å². The van der Waals surface area contributed by atoms with Gasteiger partial charge in [0.15, 0.2) is 0 Å². The number of fused-ring (bicyclic) bond motifs is 1. The quantitative estimate of drug-likeness (QED) is 0.811. The molecule has 128 valence electrons. The van der Waals surface area contributed by atoms with Gasteiger partial charge < -0.3 is 15.0 Å². The van der Waals surface area contributed by atoms with Gasteiger partial charge in [0.25, 0.3) is 0 Å². The van der Waals surface area contributed by atoms with Crippen LogP contribution in [0.25, 0.3) is 10.9 Å². The normalized spacial score (nSPS) is 20.1. The van der Waals surface area contributed by atoms with E-state index in [1.54, 1.807) is 0 Å². The van der Waals surface area contributed by atoms with E-state index < -0.39 is 5.97 Å². The second kappa shape index (κ2) is 7.05. The molecular formula is C18H23N3O3. The van der Waals surface area contributed by atoms with E-state index in [4.69, 9.17) is 5.11 Å². The molecule has 1 heterocycles. The summed E-state index contributed by atoms with van der Waals surface area (Å²) in [6.45, 7) is 3.05. The third kappa shape index (κ3) is 3.59. The molecule has 1 aromatic carbocycles. The highest BCUT2D eigenvalue weighted by molar-refractivity contribution is 5.83. The van der Waals surface area contributed by atoms with Crippen molar-refractivity contribution in [2.45, 2.75) is 38.4 Å². The Morgan fingerprint density at radius 2 is 2.04 bits per heavy atom. The fraction of sp³-hybridized carbons (Fsp3) is 0.444. The van der Waals surface area contributed by atoms with Gasteiger partial charge in [-0.05, 0) is 36.9 Å². The fourth-order valence-corrected chi connectivity index (χ4v) is 3.38. The van der Waals surface area contributed by atoms with Crippen LogP contribution in [0.2, 0.25) is 0 Å². The topological polar surface area (TPSA) is 74.6 Å². The van der Waals surface area contributed by atoms with Gasteiger partial charge in [0, 0.05) is 23.8 Å². The zero-order valence-corrected chi connectivity index (χ0v) is 13.8. The lowest BCUT2D eigenvalue weighted by Crippen LogP contribution is -2.55. The van der Waals surface area contributed by atoms with Gasteiger partial charge in [-0.2, -0.15) is 0 Å². The molecule has 1 aliphatic carbocycles. The summed E-state index contributed by atoms with van der Waals surface area (Å²) in [6, 6.07) is 10.4. The second-order valence-corrected chi connectivity index (χ2v) is 6.35. The number of nitrogens with zero attached hydrogens (tertiary/aromatic N) is 2. The summed E-state index contributed by atoms with van der Waals surface area (Å²) in [4.78, 5) is 25.0. The van der Waals surface area contributed by atoms with Gasteiger partial charge in [-0.25, -0.2) is 0 Å². The van der Waals surface area contributed by atoms with Crippen LogP contribution in [0.1, 0.15) is 19.8 Å². The molecule has 3 rings (SSSR count). The van der Waals surface area contributed by atoms with E-state index in [-0.39, 0.29) is 24.5 Å². The molecule has 2 aromatic rings. The number of carbonyl (C=O) groups excluding carboxylic acids is 1. The third-order valence-corrected chi connectivity index (χ3v) is 4.73. The number of carboxylic acids is 1. The molecule has 1 saturated carbocycles. The van der Waals surface area contributed by atoms with E-state index in [1.807, 2.05) is 52.9 Å². The standard InChI is InChI=1S/C18H23N3O3/c1-2-20(12-18(23)24)15-9-14(10-15)19-17(22)11-21-8-7-13-5-3-4-6-16(13)21/h3-8,14-15H,2,9-12H2,1H3,(H,19,22)(H,23,24). The van der Waals surface area contributed by atoms with Gasteiger partial charge in [-0.1, -0.05) is 25.1 Å². The lowest BCUT2D eigenvalue weighted by atomic mass is 9.85. The molecule has 6 nitrogen and oxygen atoms in total. The molecule has 0 unspecified atom stereocenters. The van der Waals surface area contributed by atoms with E-state index in [9.17, 15) is 9.59 Å². The van der Waals surface area contributed by atoms with Gasteiger partial charge >= 0.3 is 5.97 Å². The molecule has 1 aliphatic rings. The van der Waals surface area contributed by atoms with Crippen molar-refractivity contribution in [3.8, 4) is 0 Å². The van der Waals surface area contributed by atoms with Crippen LogP contribution in [-0.4, -0.2) is 51.6 Å². The number of hydrogen-bond acceptors (Lipinski definition) is 3. The van der Waals surface area contributed by atoms with E-state index in [2.05, 4.69) is 5.32 Å². The first kappa shape index (κ1) is 16.5. The lowest BCUT2D eigenvalue weighted by Gasteiger charge is -2.42. The van der Waals surface area contributed by atoms with Crippen molar-refractivity contribution in [3.05, 3.63) is 36.5 Å². The number of carboxylic acid groups (broad SMARTS) is 1. The molecule has 1 amide bonds. The largest absolute Gasteiger partial charge is 0.480 e. The molecule has 6 heteroatoms. The van der Waals surface area contributed by atoms with Crippen molar-refractivity contribution in [2.24, 2.45) is 0 Å². The average molecular weight is 329 g/mol. The zero-order chi connectivity index (χ0) is 17.1. The SMILES string of the molecule is CCN(CC(=O)O)C1CC(NC(=O)Cn2ccc3ccccc32)C1. The zero-order valence-electron chi connectivity index (χ0n) is 13.8. The molecular weight excluding hydrogens is 306 g/mol. The minimum absolute atomic E-state index is 0.00101. The molecule has 0 radical (unpaired) electrons. The summed E-state index contributed by atoms with van der Waals surface area (Å²) in [5, 5.41) is 13.1. The number of hydrogen-bond donors (Lipinski definition) is 2. The number of para-hydroxylation sites is 1. The van der Waals surface area contributed by atoms with Crippen molar-refractivity contribution in [2.75, 3.05) is 13.1 Å². The Bertz CT molecular complexity index is 734. The number of nitrogens with one attached hydrogen (secondary N) is 1. The van der Waals surface area contributed by atoms with E-state index >= 15 is 0 Å². The Hall–Kier alpha value is -2.34. The van der Waals surface area contributed by atoms with E-state index in [1.165, 1.54) is 0 Å². The summed E-state index contributed by atoms with van der Waals surface area (Å²) in [6.07, 6.45) is 3.57. The number of carbonyl (C=O) groups is 2. The minimum Gasteiger partial charge on any atom is -0.480 e. The molecule has 0 spiro atoms. The molecule has 0 bridgehead atoms. The molecule has 2 N–H and O–H groups in total. The molecule has 0 atom stereocenters. The van der Waals surface area contributed by atoms with E-state index in [0.29, 0.717) is 13.1 Å². The number of aromatic nitrogens is 1. The second-order valence-electron chi connectivity index (χ2n) is 6.35. The van der Waals surface area contributed by atoms with Crippen molar-refractivity contribution >= 4 is 22.8 Å². The summed E-state index contributed by atoms with van der Waals surface area (Å²) in [7, 11) is 0. The summed E-state index contributed by atoms with van der Waals surface area (Å²) in [5.41, 5.74) is 1.05. The first-order valence-corrected chi connectivity index (χ1v) is 8.36. The molecule has 1 aromatic heterocycles. The van der Waals surface area contributed by atoms with Gasteiger partial charge in [-0.15, -0.1) is 0 Å². The van der Waals surface area contributed by atoms with Gasteiger partial charge in [0.2, 0.25) is 5.91 Å². The predicted molar refractivity (Wildman–Crippen MR) is 91.8 cm³/mol. The average Bonchev–Trinajstić information content (AvgIpc) is 2.91. The summed E-state index contributed by atoms with van der Waals surface area (Å²) in [5.74, 6) is -0.801. The third-order valence-electron chi connectivity index (χ3n) is 4.73. The smallest absolute Gasteiger partial charge is 0.317 e. The van der Waals surface area contributed by atoms with Crippen molar-refractivity contribution in [1.82, 2.24) is 14.8 Å². The molecule has 0 saturated heterocycles. The van der Waals surface area contributed by atoms with Gasteiger partial charge in [-0.3, -0.25) is 14.5 Å². The van der Waals surface area contributed by atoms with Crippen molar-refractivity contribution < 1.29 is 14.7 Å². The maximum atomic E-state index is 12.2. The van der Waals surface area contributed by atoms with Crippen LogP contribution in [-0.2, 0) is 16.1 Å². The fourth-order valence-electron chi connectivity index (χ4n) is 3.38. The lowest BCUT2D eigenvalue weighted by molar-refractivity contribution is -0.139. The number of amides is 1. The summed E-state index contributed by atoms with van der Waals surface area (Å²) >= 11 is 0. The highest BCUT2D eigenvalue weighted by Gasteiger charge is 2.34. The van der Waals surface area contributed by atoms with Crippen LogP contribution in [0, 0.1) is 0 Å². The molecule has 1 fully saturated rings. The maximum absolute atomic E-state index is 12.2. The summed E-state index contributed by atoms with van der Waals surface area (Å²) < 4.78 is 1.95. The minimum atomic E-state index is -0.802. The van der Waals surface area contributed by atoms with Crippen molar-refractivity contribution in [3.63, 3.8) is 0 Å².